The average molecular weight is 227 g/mol. The molecule has 0 heterocycles. The summed E-state index contributed by atoms with van der Waals surface area (Å²) in [6.07, 6.45) is 6.55. The highest BCUT2D eigenvalue weighted by molar-refractivity contribution is 5.78. The fraction of sp³-hybridized carbons (Fsp3) is 0.929. The molecule has 0 spiro atoms. The normalized spacial score (nSPS) is 15.9. The van der Waals surface area contributed by atoms with E-state index in [1.54, 1.807) is 0 Å². The van der Waals surface area contributed by atoms with Gasteiger partial charge in [0.05, 0.1) is 6.61 Å². The third kappa shape index (κ3) is 6.86. The van der Waals surface area contributed by atoms with Gasteiger partial charge in [-0.25, -0.2) is 0 Å². The van der Waals surface area contributed by atoms with Crippen LogP contribution in [0.4, 0.5) is 0 Å². The van der Waals surface area contributed by atoms with Gasteiger partial charge in [-0.2, -0.15) is 0 Å². The summed E-state index contributed by atoms with van der Waals surface area (Å²) in [5.74, 6) is 2.16. The lowest BCUT2D eigenvalue weighted by Gasteiger charge is -2.18. The molecule has 2 nitrogen and oxygen atoms in total. The molecule has 0 bridgehead atoms. The lowest BCUT2D eigenvalue weighted by Crippen LogP contribution is -2.17. The Kier molecular flexibility index (Phi) is 9.36. The van der Waals surface area contributed by atoms with Gasteiger partial charge in [0.1, 0.15) is 0 Å². The van der Waals surface area contributed by atoms with Crippen molar-refractivity contribution in [1.82, 2.24) is 0 Å². The minimum atomic E-state index is 0.460. The smallest absolute Gasteiger partial charge is 0.185 e. The number of ether oxygens (including phenoxy) is 1. The maximum Gasteiger partial charge on any atom is 0.185 e. The molecule has 0 amide bonds. The second-order valence-electron chi connectivity index (χ2n) is 4.73. The number of nitrogens with zero attached hydrogens (tertiary/aromatic N) is 1. The molecule has 0 aromatic heterocycles. The van der Waals surface area contributed by atoms with E-state index < -0.39 is 0 Å². The molecule has 0 aromatic carbocycles. The van der Waals surface area contributed by atoms with Crippen molar-refractivity contribution in [1.29, 1.82) is 0 Å². The molecule has 2 heteroatoms. The Morgan fingerprint density at radius 1 is 1.19 bits per heavy atom. The van der Waals surface area contributed by atoms with Gasteiger partial charge in [0.25, 0.3) is 0 Å². The van der Waals surface area contributed by atoms with E-state index >= 15 is 0 Å². The Bertz CT molecular complexity index is 189. The SMILES string of the molecule is CCCCCC(C)CC(C)C(=NC)OCC. The summed E-state index contributed by atoms with van der Waals surface area (Å²) in [6.45, 7) is 9.55. The highest BCUT2D eigenvalue weighted by Gasteiger charge is 2.14. The highest BCUT2D eigenvalue weighted by Crippen LogP contribution is 2.19. The second kappa shape index (κ2) is 9.68. The van der Waals surface area contributed by atoms with Gasteiger partial charge < -0.3 is 4.74 Å². The zero-order chi connectivity index (χ0) is 12.4. The minimum Gasteiger partial charge on any atom is -0.481 e. The largest absolute Gasteiger partial charge is 0.481 e. The number of hydrogen-bond acceptors (Lipinski definition) is 2. The molecule has 96 valence electrons. The van der Waals surface area contributed by atoms with Crippen LogP contribution < -0.4 is 0 Å². The van der Waals surface area contributed by atoms with E-state index in [1.807, 2.05) is 14.0 Å². The number of aliphatic imine (C=N–C) groups is 1. The van der Waals surface area contributed by atoms with Crippen LogP contribution in [0, 0.1) is 11.8 Å². The lowest BCUT2D eigenvalue weighted by molar-refractivity contribution is 0.289. The molecular formula is C14H29NO. The van der Waals surface area contributed by atoms with Crippen LogP contribution in [-0.2, 0) is 4.74 Å². The molecular weight excluding hydrogens is 198 g/mol. The van der Waals surface area contributed by atoms with Crippen molar-refractivity contribution in [3.63, 3.8) is 0 Å². The molecule has 0 fully saturated rings. The van der Waals surface area contributed by atoms with E-state index in [0.29, 0.717) is 5.92 Å². The Balaban J connectivity index is 3.87. The summed E-state index contributed by atoms with van der Waals surface area (Å²) in [7, 11) is 1.82. The summed E-state index contributed by atoms with van der Waals surface area (Å²) in [5.41, 5.74) is 0. The van der Waals surface area contributed by atoms with E-state index in [0.717, 1.165) is 18.4 Å². The van der Waals surface area contributed by atoms with E-state index in [4.69, 9.17) is 4.74 Å². The molecule has 0 aromatic rings. The van der Waals surface area contributed by atoms with Gasteiger partial charge in [0, 0.05) is 13.0 Å². The molecule has 0 saturated carbocycles. The molecule has 0 N–H and O–H groups in total. The highest BCUT2D eigenvalue weighted by atomic mass is 16.5. The molecule has 0 aliphatic heterocycles. The van der Waals surface area contributed by atoms with Crippen LogP contribution >= 0.6 is 0 Å². The van der Waals surface area contributed by atoms with E-state index in [1.165, 1.54) is 32.1 Å². The van der Waals surface area contributed by atoms with Gasteiger partial charge in [-0.3, -0.25) is 4.99 Å². The standard InChI is InChI=1S/C14H29NO/c1-6-8-9-10-12(3)11-13(4)14(15-5)16-7-2/h12-13H,6-11H2,1-5H3. The third-order valence-electron chi connectivity index (χ3n) is 2.99. The average Bonchev–Trinajstić information content (AvgIpc) is 2.26. The summed E-state index contributed by atoms with van der Waals surface area (Å²) in [5, 5.41) is 0. The Hall–Kier alpha value is -0.530. The van der Waals surface area contributed by atoms with Crippen LogP contribution in [0.15, 0.2) is 4.99 Å². The number of hydrogen-bond donors (Lipinski definition) is 0. The van der Waals surface area contributed by atoms with Gasteiger partial charge in [-0.05, 0) is 19.3 Å². The summed E-state index contributed by atoms with van der Waals surface area (Å²) >= 11 is 0. The molecule has 0 aliphatic rings. The molecule has 0 saturated heterocycles. The third-order valence-corrected chi connectivity index (χ3v) is 2.99. The molecule has 0 radical (unpaired) electrons. The quantitative estimate of drug-likeness (QED) is 0.344. The molecule has 0 rings (SSSR count). The molecule has 2 atom stereocenters. The van der Waals surface area contributed by atoms with Crippen molar-refractivity contribution in [2.24, 2.45) is 16.8 Å². The minimum absolute atomic E-state index is 0.460. The summed E-state index contributed by atoms with van der Waals surface area (Å²) in [4.78, 5) is 4.22. The van der Waals surface area contributed by atoms with Crippen molar-refractivity contribution in [2.75, 3.05) is 13.7 Å². The van der Waals surface area contributed by atoms with Crippen molar-refractivity contribution >= 4 is 5.90 Å². The molecule has 16 heavy (non-hydrogen) atoms. The van der Waals surface area contributed by atoms with Crippen LogP contribution in [0.1, 0.15) is 59.8 Å². The van der Waals surface area contributed by atoms with Gasteiger partial charge in [-0.1, -0.05) is 46.5 Å². The van der Waals surface area contributed by atoms with Crippen LogP contribution in [0.5, 0.6) is 0 Å². The Morgan fingerprint density at radius 2 is 1.88 bits per heavy atom. The van der Waals surface area contributed by atoms with Gasteiger partial charge in [-0.15, -0.1) is 0 Å². The van der Waals surface area contributed by atoms with E-state index in [2.05, 4.69) is 25.8 Å². The van der Waals surface area contributed by atoms with E-state index in [-0.39, 0.29) is 0 Å². The fourth-order valence-corrected chi connectivity index (χ4v) is 2.14. The lowest BCUT2D eigenvalue weighted by atomic mass is 9.92. The first-order chi connectivity index (χ1) is 7.65. The zero-order valence-electron chi connectivity index (χ0n) is 11.8. The Morgan fingerprint density at radius 3 is 2.38 bits per heavy atom. The predicted molar refractivity (Wildman–Crippen MR) is 72.1 cm³/mol. The van der Waals surface area contributed by atoms with Gasteiger partial charge >= 0.3 is 0 Å². The number of unbranched alkanes of at least 4 members (excludes halogenated alkanes) is 2. The zero-order valence-corrected chi connectivity index (χ0v) is 11.8. The topological polar surface area (TPSA) is 21.6 Å². The van der Waals surface area contributed by atoms with Crippen molar-refractivity contribution in [3.05, 3.63) is 0 Å². The van der Waals surface area contributed by atoms with E-state index in [9.17, 15) is 0 Å². The maximum atomic E-state index is 5.53. The first-order valence-corrected chi connectivity index (χ1v) is 6.75. The van der Waals surface area contributed by atoms with Crippen LogP contribution in [-0.4, -0.2) is 19.6 Å². The first kappa shape index (κ1) is 15.5. The number of rotatable bonds is 8. The van der Waals surface area contributed by atoms with Gasteiger partial charge in [0.15, 0.2) is 5.90 Å². The summed E-state index contributed by atoms with van der Waals surface area (Å²) < 4.78 is 5.53. The molecule has 2 unspecified atom stereocenters. The van der Waals surface area contributed by atoms with Crippen molar-refractivity contribution in [3.8, 4) is 0 Å². The maximum absolute atomic E-state index is 5.53. The fourth-order valence-electron chi connectivity index (χ4n) is 2.14. The predicted octanol–water partition coefficient (Wildman–Crippen LogP) is 4.29. The second-order valence-corrected chi connectivity index (χ2v) is 4.73. The monoisotopic (exact) mass is 227 g/mol. The Labute approximate surface area is 101 Å². The van der Waals surface area contributed by atoms with Crippen molar-refractivity contribution in [2.45, 2.75) is 59.8 Å². The molecule has 0 aliphatic carbocycles. The van der Waals surface area contributed by atoms with Crippen LogP contribution in [0.2, 0.25) is 0 Å². The first-order valence-electron chi connectivity index (χ1n) is 6.75. The summed E-state index contributed by atoms with van der Waals surface area (Å²) in [6, 6.07) is 0. The van der Waals surface area contributed by atoms with Crippen LogP contribution in [0.25, 0.3) is 0 Å². The van der Waals surface area contributed by atoms with Gasteiger partial charge in [0.2, 0.25) is 0 Å². The van der Waals surface area contributed by atoms with Crippen molar-refractivity contribution < 1.29 is 4.74 Å². The van der Waals surface area contributed by atoms with Crippen LogP contribution in [0.3, 0.4) is 0 Å².